The van der Waals surface area contributed by atoms with Crippen molar-refractivity contribution >= 4 is 30.4 Å². The first-order valence-corrected chi connectivity index (χ1v) is 11.8. The number of hydrogen-bond donors (Lipinski definition) is 0. The van der Waals surface area contributed by atoms with Crippen molar-refractivity contribution in [2.45, 2.75) is 39.1 Å². The van der Waals surface area contributed by atoms with E-state index in [1.54, 1.807) is 18.9 Å². The zero-order valence-corrected chi connectivity index (χ0v) is 20.6. The zero-order chi connectivity index (χ0) is 24.8. The molecule has 8 heteroatoms. The second-order valence-electron chi connectivity index (χ2n) is 6.66. The van der Waals surface area contributed by atoms with Gasteiger partial charge in [0.2, 0.25) is 6.93 Å². The summed E-state index contributed by atoms with van der Waals surface area (Å²) in [6.07, 6.45) is 2.88. The fourth-order valence-corrected chi connectivity index (χ4v) is 4.36. The Labute approximate surface area is 199 Å². The van der Waals surface area contributed by atoms with Gasteiger partial charge in [-0.1, -0.05) is 44.7 Å². The van der Waals surface area contributed by atoms with Crippen molar-refractivity contribution in [3.63, 3.8) is 0 Å². The Morgan fingerprint density at radius 1 is 1.15 bits per heavy atom. The molecule has 3 rings (SSSR count). The fraction of sp³-hybridized carbons (Fsp3) is 0.400. The molecule has 1 saturated heterocycles. The fourth-order valence-electron chi connectivity index (χ4n) is 3.44. The summed E-state index contributed by atoms with van der Waals surface area (Å²) < 4.78 is 37.5. The van der Waals surface area contributed by atoms with Crippen LogP contribution in [0.2, 0.25) is 0 Å². The molecule has 0 radical (unpaired) electrons. The molecule has 1 aromatic carbocycles. The molecule has 0 atom stereocenters. The molecule has 0 saturated carbocycles. The van der Waals surface area contributed by atoms with Gasteiger partial charge in [-0.3, -0.25) is 0 Å². The molecule has 1 aliphatic rings. The lowest BCUT2D eigenvalue weighted by atomic mass is 10.2. The highest BCUT2D eigenvalue weighted by Crippen LogP contribution is 2.26. The van der Waals surface area contributed by atoms with E-state index in [1.165, 1.54) is 17.0 Å². The maximum Gasteiger partial charge on any atom is 0.229 e. The average Bonchev–Trinajstić information content (AvgIpc) is 3.12. The number of nitriles is 1. The van der Waals surface area contributed by atoms with E-state index in [0.29, 0.717) is 22.7 Å². The number of allylic oxidation sites excluding steroid dienone is 2. The predicted octanol–water partition coefficient (Wildman–Crippen LogP) is 5.18. The van der Waals surface area contributed by atoms with Gasteiger partial charge in [0.15, 0.2) is 0 Å². The minimum absolute atomic E-state index is 0.322. The lowest BCUT2D eigenvalue weighted by molar-refractivity contribution is 0.295. The van der Waals surface area contributed by atoms with Crippen LogP contribution in [-0.4, -0.2) is 42.0 Å². The molecule has 0 unspecified atom stereocenters. The summed E-state index contributed by atoms with van der Waals surface area (Å²) in [5.74, 6) is 0.534. The van der Waals surface area contributed by atoms with Gasteiger partial charge in [0, 0.05) is 42.8 Å². The SMILES string of the molecule is C=c1c(C#N)c(N2CCN(Sc3ccccc3)CC2)n(CC)/c1=C/C(F)=C\C.CC.FCF. The molecule has 180 valence electrons. The van der Waals surface area contributed by atoms with Crippen LogP contribution in [0.3, 0.4) is 0 Å². The van der Waals surface area contributed by atoms with Crippen LogP contribution < -0.4 is 15.5 Å². The molecule has 0 bridgehead atoms. The van der Waals surface area contributed by atoms with Crippen LogP contribution in [0.1, 0.15) is 33.3 Å². The molecular weight excluding hydrogens is 445 g/mol. The number of halogens is 3. The van der Waals surface area contributed by atoms with Crippen molar-refractivity contribution in [2.75, 3.05) is 38.0 Å². The Morgan fingerprint density at radius 2 is 1.73 bits per heavy atom. The first-order chi connectivity index (χ1) is 16.0. The number of piperazine rings is 1. The lowest BCUT2D eigenvalue weighted by Crippen LogP contribution is -2.44. The molecule has 0 aliphatic carbocycles. The van der Waals surface area contributed by atoms with Gasteiger partial charge < -0.3 is 9.47 Å². The number of aromatic nitrogens is 1. The third kappa shape index (κ3) is 7.72. The zero-order valence-electron chi connectivity index (χ0n) is 19.8. The summed E-state index contributed by atoms with van der Waals surface area (Å²) in [5.41, 5.74) is 0.543. The Balaban J connectivity index is 0.00000101. The molecular formula is C25H33F3N4S. The number of benzene rings is 1. The largest absolute Gasteiger partial charge is 0.354 e. The standard InChI is InChI=1S/C22H25FN4S.C2H6.CH2F2/c1-4-18(23)15-21-17(3)20(16-24)22(27(21)5-2)25-11-13-26(14-12-25)28-19-9-7-6-8-10-19;1-2;2-1-3/h4,6-10,15H,3,5,11-14H2,1-2H3;1-2H3;1H2/b18-4+,21-15+;;. The van der Waals surface area contributed by atoms with E-state index in [2.05, 4.69) is 34.0 Å². The van der Waals surface area contributed by atoms with Gasteiger partial charge >= 0.3 is 0 Å². The third-order valence-corrected chi connectivity index (χ3v) is 5.98. The number of anilines is 1. The molecule has 1 aromatic heterocycles. The van der Waals surface area contributed by atoms with Gasteiger partial charge in [0.05, 0.1) is 5.35 Å². The van der Waals surface area contributed by atoms with Gasteiger partial charge in [-0.15, -0.1) is 0 Å². The van der Waals surface area contributed by atoms with Crippen molar-refractivity contribution in [3.05, 3.63) is 58.4 Å². The van der Waals surface area contributed by atoms with Gasteiger partial charge in [-0.25, -0.2) is 17.5 Å². The molecule has 2 aromatic rings. The summed E-state index contributed by atoms with van der Waals surface area (Å²) in [6.45, 7) is 14.0. The van der Waals surface area contributed by atoms with Crippen LogP contribution in [0.25, 0.3) is 12.7 Å². The summed E-state index contributed by atoms with van der Waals surface area (Å²) >= 11 is 1.76. The highest BCUT2D eigenvalue weighted by molar-refractivity contribution is 7.97. The number of hydrogen-bond acceptors (Lipinski definition) is 4. The Bertz CT molecular complexity index is 1020. The smallest absolute Gasteiger partial charge is 0.229 e. The number of alkyl halides is 2. The summed E-state index contributed by atoms with van der Waals surface area (Å²) in [6, 6.07) is 12.6. The Kier molecular flexibility index (Phi) is 13.1. The van der Waals surface area contributed by atoms with E-state index >= 15 is 0 Å². The van der Waals surface area contributed by atoms with E-state index in [1.807, 2.05) is 43.5 Å². The Morgan fingerprint density at radius 3 is 2.21 bits per heavy atom. The highest BCUT2D eigenvalue weighted by atomic mass is 32.2. The van der Waals surface area contributed by atoms with Gasteiger partial charge in [0.25, 0.3) is 0 Å². The topological polar surface area (TPSA) is 35.2 Å². The van der Waals surface area contributed by atoms with Crippen LogP contribution in [-0.2, 0) is 6.54 Å². The van der Waals surface area contributed by atoms with Crippen LogP contribution in [0.15, 0.2) is 47.1 Å². The lowest BCUT2D eigenvalue weighted by Gasteiger charge is -2.35. The minimum atomic E-state index is -1.75. The first kappa shape index (κ1) is 28.4. The van der Waals surface area contributed by atoms with Crippen molar-refractivity contribution in [2.24, 2.45) is 0 Å². The first-order valence-electron chi connectivity index (χ1n) is 11.0. The minimum Gasteiger partial charge on any atom is -0.354 e. The molecule has 1 fully saturated rings. The van der Waals surface area contributed by atoms with E-state index in [4.69, 9.17) is 0 Å². The van der Waals surface area contributed by atoms with Crippen molar-refractivity contribution in [1.82, 2.24) is 8.87 Å². The second-order valence-corrected chi connectivity index (χ2v) is 7.83. The summed E-state index contributed by atoms with van der Waals surface area (Å²) in [5, 5.41) is 11.0. The van der Waals surface area contributed by atoms with E-state index in [0.717, 1.165) is 32.0 Å². The van der Waals surface area contributed by atoms with Gasteiger partial charge in [-0.2, -0.15) is 5.26 Å². The average molecular weight is 479 g/mol. The maximum absolute atomic E-state index is 13.9. The molecule has 1 aliphatic heterocycles. The van der Waals surface area contributed by atoms with E-state index in [9.17, 15) is 18.4 Å². The van der Waals surface area contributed by atoms with E-state index in [-0.39, 0.29) is 5.83 Å². The van der Waals surface area contributed by atoms with Crippen LogP contribution in [0.4, 0.5) is 19.0 Å². The number of nitrogens with zero attached hydrogens (tertiary/aromatic N) is 4. The molecule has 0 N–H and O–H groups in total. The highest BCUT2D eigenvalue weighted by Gasteiger charge is 2.24. The second kappa shape index (κ2) is 15.3. The van der Waals surface area contributed by atoms with Crippen LogP contribution in [0.5, 0.6) is 0 Å². The van der Waals surface area contributed by atoms with Crippen LogP contribution in [0, 0.1) is 11.3 Å². The van der Waals surface area contributed by atoms with Gasteiger partial charge in [-0.05, 0) is 44.0 Å². The Hall–Kier alpha value is -2.63. The maximum atomic E-state index is 13.9. The quantitative estimate of drug-likeness (QED) is 0.555. The third-order valence-electron chi connectivity index (χ3n) is 4.88. The summed E-state index contributed by atoms with van der Waals surface area (Å²) in [7, 11) is 0. The van der Waals surface area contributed by atoms with E-state index < -0.39 is 6.93 Å². The predicted molar refractivity (Wildman–Crippen MR) is 133 cm³/mol. The molecule has 2 heterocycles. The van der Waals surface area contributed by atoms with Crippen LogP contribution >= 0.6 is 11.9 Å². The molecule has 4 nitrogen and oxygen atoms in total. The van der Waals surface area contributed by atoms with Crippen molar-refractivity contribution < 1.29 is 13.2 Å². The number of rotatable bonds is 5. The monoisotopic (exact) mass is 478 g/mol. The molecule has 0 spiro atoms. The summed E-state index contributed by atoms with van der Waals surface area (Å²) in [4.78, 5) is 3.45. The van der Waals surface area contributed by atoms with Gasteiger partial charge in [0.1, 0.15) is 23.3 Å². The normalized spacial score (nSPS) is 14.7. The van der Waals surface area contributed by atoms with Crippen molar-refractivity contribution in [1.29, 1.82) is 5.26 Å². The molecule has 33 heavy (non-hydrogen) atoms. The molecule has 0 amide bonds. The van der Waals surface area contributed by atoms with Crippen molar-refractivity contribution in [3.8, 4) is 6.07 Å².